The topological polar surface area (TPSA) is 91.0 Å². The van der Waals surface area contributed by atoms with Crippen molar-refractivity contribution in [1.29, 1.82) is 0 Å². The van der Waals surface area contributed by atoms with Crippen LogP contribution in [0.2, 0.25) is 0 Å². The highest BCUT2D eigenvalue weighted by molar-refractivity contribution is 5.92. The van der Waals surface area contributed by atoms with E-state index in [2.05, 4.69) is 15.5 Å². The molecule has 0 spiro atoms. The Kier molecular flexibility index (Phi) is 5.20. The third-order valence-corrected chi connectivity index (χ3v) is 6.08. The van der Waals surface area contributed by atoms with Gasteiger partial charge in [0.25, 0.3) is 5.56 Å². The van der Waals surface area contributed by atoms with Gasteiger partial charge in [0, 0.05) is 11.3 Å². The fourth-order valence-electron chi connectivity index (χ4n) is 3.99. The number of hydrogen-bond acceptors (Lipinski definition) is 5. The number of methoxy groups -OCH3 is 1. The molecule has 1 aliphatic carbocycles. The first-order valence-corrected chi connectivity index (χ1v) is 11.0. The summed E-state index contributed by atoms with van der Waals surface area (Å²) in [6.07, 6.45) is 3.75. The SMILES string of the molecule is COc1ccccc1NC(=O)Cn1nc(C2CC2)c2cnn(-c3ccc(C)c(C)c3)c2c1=O. The quantitative estimate of drug-likeness (QED) is 0.490. The number of aromatic nitrogens is 4. The zero-order chi connectivity index (χ0) is 23.1. The van der Waals surface area contributed by atoms with Crippen LogP contribution >= 0.6 is 0 Å². The Labute approximate surface area is 190 Å². The zero-order valence-corrected chi connectivity index (χ0v) is 18.8. The number of rotatable bonds is 6. The number of nitrogens with one attached hydrogen (secondary N) is 1. The van der Waals surface area contributed by atoms with Crippen LogP contribution in [0.5, 0.6) is 5.75 Å². The van der Waals surface area contributed by atoms with Crippen molar-refractivity contribution >= 4 is 22.5 Å². The van der Waals surface area contributed by atoms with Crippen LogP contribution in [0.15, 0.2) is 53.5 Å². The maximum atomic E-state index is 13.5. The number of benzene rings is 2. The van der Waals surface area contributed by atoms with Gasteiger partial charge in [0.2, 0.25) is 5.91 Å². The molecule has 2 heterocycles. The highest BCUT2D eigenvalue weighted by Gasteiger charge is 2.30. The van der Waals surface area contributed by atoms with Crippen molar-refractivity contribution in [1.82, 2.24) is 19.6 Å². The Bertz CT molecular complexity index is 1430. The maximum absolute atomic E-state index is 13.5. The Balaban J connectivity index is 1.56. The lowest BCUT2D eigenvalue weighted by Gasteiger charge is -2.12. The summed E-state index contributed by atoms with van der Waals surface area (Å²) in [6, 6.07) is 13.1. The van der Waals surface area contributed by atoms with E-state index in [4.69, 9.17) is 4.74 Å². The van der Waals surface area contributed by atoms with Gasteiger partial charge in [0.1, 0.15) is 17.8 Å². The molecule has 0 radical (unpaired) electrons. The van der Waals surface area contributed by atoms with Gasteiger partial charge in [0.15, 0.2) is 0 Å². The summed E-state index contributed by atoms with van der Waals surface area (Å²) in [7, 11) is 1.54. The predicted molar refractivity (Wildman–Crippen MR) is 126 cm³/mol. The largest absolute Gasteiger partial charge is 0.495 e. The van der Waals surface area contributed by atoms with Gasteiger partial charge in [-0.25, -0.2) is 9.36 Å². The number of carbonyl (C=O) groups excluding carboxylic acids is 1. The summed E-state index contributed by atoms with van der Waals surface area (Å²) in [5, 5.41) is 12.7. The molecule has 1 fully saturated rings. The molecular formula is C25H25N5O3. The lowest BCUT2D eigenvalue weighted by molar-refractivity contribution is -0.117. The van der Waals surface area contributed by atoms with Gasteiger partial charge in [-0.05, 0) is 62.1 Å². The van der Waals surface area contributed by atoms with Crippen LogP contribution < -0.4 is 15.6 Å². The highest BCUT2D eigenvalue weighted by atomic mass is 16.5. The van der Waals surface area contributed by atoms with Crippen molar-refractivity contribution in [2.24, 2.45) is 0 Å². The molecule has 33 heavy (non-hydrogen) atoms. The van der Waals surface area contributed by atoms with Crippen LogP contribution in [0.1, 0.15) is 35.6 Å². The smallest absolute Gasteiger partial charge is 0.293 e. The third kappa shape index (κ3) is 3.88. The van der Waals surface area contributed by atoms with E-state index in [1.165, 1.54) is 10.2 Å². The van der Waals surface area contributed by atoms with E-state index in [0.717, 1.165) is 35.2 Å². The van der Waals surface area contributed by atoms with E-state index in [1.807, 2.05) is 44.2 Å². The number of carbonyl (C=O) groups is 1. The summed E-state index contributed by atoms with van der Waals surface area (Å²) >= 11 is 0. The third-order valence-electron chi connectivity index (χ3n) is 6.08. The summed E-state index contributed by atoms with van der Waals surface area (Å²) in [6.45, 7) is 3.87. The minimum Gasteiger partial charge on any atom is -0.495 e. The molecular weight excluding hydrogens is 418 g/mol. The van der Waals surface area contributed by atoms with Gasteiger partial charge in [0.05, 0.1) is 30.4 Å². The number of aryl methyl sites for hydroxylation is 2. The number of ether oxygens (including phenoxy) is 1. The molecule has 0 aliphatic heterocycles. The molecule has 2 aromatic carbocycles. The van der Waals surface area contributed by atoms with Gasteiger partial charge in [-0.15, -0.1) is 0 Å². The van der Waals surface area contributed by atoms with Crippen molar-refractivity contribution < 1.29 is 9.53 Å². The summed E-state index contributed by atoms with van der Waals surface area (Å²) in [5.41, 5.74) is 4.56. The molecule has 1 aliphatic rings. The molecule has 0 saturated heterocycles. The molecule has 168 valence electrons. The number of fused-ring (bicyclic) bond motifs is 1. The molecule has 0 unspecified atom stereocenters. The van der Waals surface area contributed by atoms with Crippen molar-refractivity contribution in [3.63, 3.8) is 0 Å². The van der Waals surface area contributed by atoms with E-state index in [0.29, 0.717) is 17.0 Å². The van der Waals surface area contributed by atoms with Crippen LogP contribution in [-0.4, -0.2) is 32.6 Å². The van der Waals surface area contributed by atoms with Gasteiger partial charge >= 0.3 is 0 Å². The second-order valence-electron chi connectivity index (χ2n) is 8.46. The molecule has 2 aromatic heterocycles. The molecule has 8 nitrogen and oxygen atoms in total. The summed E-state index contributed by atoms with van der Waals surface area (Å²) in [4.78, 5) is 26.3. The maximum Gasteiger partial charge on any atom is 0.293 e. The Morgan fingerprint density at radius 1 is 1.15 bits per heavy atom. The highest BCUT2D eigenvalue weighted by Crippen LogP contribution is 2.41. The molecule has 0 bridgehead atoms. The molecule has 8 heteroatoms. The van der Waals surface area contributed by atoms with Crippen LogP contribution in [0, 0.1) is 13.8 Å². The second-order valence-corrected chi connectivity index (χ2v) is 8.46. The zero-order valence-electron chi connectivity index (χ0n) is 18.8. The van der Waals surface area contributed by atoms with Crippen molar-refractivity contribution in [2.75, 3.05) is 12.4 Å². The summed E-state index contributed by atoms with van der Waals surface area (Å²) in [5.74, 6) is 0.481. The Hall–Kier alpha value is -3.94. The van der Waals surface area contributed by atoms with E-state index < -0.39 is 0 Å². The van der Waals surface area contributed by atoms with E-state index >= 15 is 0 Å². The predicted octanol–water partition coefficient (Wildman–Crippen LogP) is 3.72. The summed E-state index contributed by atoms with van der Waals surface area (Å²) < 4.78 is 8.21. The molecule has 1 N–H and O–H groups in total. The molecule has 4 aromatic rings. The van der Waals surface area contributed by atoms with Crippen molar-refractivity contribution in [3.8, 4) is 11.4 Å². The van der Waals surface area contributed by atoms with Crippen LogP contribution in [0.4, 0.5) is 5.69 Å². The Morgan fingerprint density at radius 2 is 1.94 bits per heavy atom. The molecule has 5 rings (SSSR count). The van der Waals surface area contributed by atoms with Crippen LogP contribution in [0.25, 0.3) is 16.6 Å². The first kappa shape index (κ1) is 20.9. The normalized spacial score (nSPS) is 13.3. The fourth-order valence-corrected chi connectivity index (χ4v) is 3.99. The second kappa shape index (κ2) is 8.20. The van der Waals surface area contributed by atoms with Gasteiger partial charge in [-0.2, -0.15) is 10.2 Å². The lowest BCUT2D eigenvalue weighted by Crippen LogP contribution is -2.31. The number of hydrogen-bond donors (Lipinski definition) is 1. The van der Waals surface area contributed by atoms with Gasteiger partial charge < -0.3 is 10.1 Å². The molecule has 0 atom stereocenters. The fraction of sp³-hybridized carbons (Fsp3) is 0.280. The number of nitrogens with zero attached hydrogens (tertiary/aromatic N) is 4. The first-order valence-electron chi connectivity index (χ1n) is 11.0. The van der Waals surface area contributed by atoms with Crippen molar-refractivity contribution in [3.05, 3.63) is 75.8 Å². The van der Waals surface area contributed by atoms with Crippen molar-refractivity contribution in [2.45, 2.75) is 39.2 Å². The van der Waals surface area contributed by atoms with Gasteiger partial charge in [-0.1, -0.05) is 18.2 Å². The average molecular weight is 444 g/mol. The van der Waals surface area contributed by atoms with Gasteiger partial charge in [-0.3, -0.25) is 9.59 Å². The number of anilines is 1. The van der Waals surface area contributed by atoms with Crippen LogP contribution in [-0.2, 0) is 11.3 Å². The average Bonchev–Trinajstić information content (AvgIpc) is 3.55. The van der Waals surface area contributed by atoms with Crippen LogP contribution in [0.3, 0.4) is 0 Å². The molecule has 1 amide bonds. The minimum atomic E-state index is -0.354. The number of amides is 1. The lowest BCUT2D eigenvalue weighted by atomic mass is 10.1. The number of para-hydroxylation sites is 2. The minimum absolute atomic E-state index is 0.204. The standard InChI is InChI=1S/C25H25N5O3/c1-15-8-11-18(12-16(15)2)30-24-19(13-26-30)23(17-9-10-17)28-29(25(24)32)14-22(31)27-20-6-4-5-7-21(20)33-3/h4-8,11-13,17H,9-10,14H2,1-3H3,(H,27,31). The van der Waals surface area contributed by atoms with E-state index in [-0.39, 0.29) is 23.9 Å². The monoisotopic (exact) mass is 443 g/mol. The first-order chi connectivity index (χ1) is 16.0. The van der Waals surface area contributed by atoms with E-state index in [9.17, 15) is 9.59 Å². The Morgan fingerprint density at radius 3 is 2.67 bits per heavy atom. The van der Waals surface area contributed by atoms with E-state index in [1.54, 1.807) is 30.1 Å². The molecule has 1 saturated carbocycles.